The molecule has 0 aliphatic carbocycles. The summed E-state index contributed by atoms with van der Waals surface area (Å²) >= 11 is 0. The summed E-state index contributed by atoms with van der Waals surface area (Å²) < 4.78 is 5.22. The fraction of sp³-hybridized carbons (Fsp3) is 0.583. The monoisotopic (exact) mass is 222 g/mol. The topological polar surface area (TPSA) is 45.6 Å². The minimum atomic E-state index is 0.0226. The Bertz CT molecular complexity index is 326. The Morgan fingerprint density at radius 1 is 1.56 bits per heavy atom. The third-order valence-corrected chi connectivity index (χ3v) is 3.01. The predicted octanol–water partition coefficient (Wildman–Crippen LogP) is 1.22. The smallest absolute Gasteiger partial charge is 0.213 e. The highest BCUT2D eigenvalue weighted by molar-refractivity contribution is 5.21. The van der Waals surface area contributed by atoms with Gasteiger partial charge in [-0.15, -0.1) is 0 Å². The highest BCUT2D eigenvalue weighted by Gasteiger charge is 2.22. The van der Waals surface area contributed by atoms with Crippen LogP contribution in [-0.4, -0.2) is 41.8 Å². The summed E-state index contributed by atoms with van der Waals surface area (Å²) in [6.07, 6.45) is 4.33. The molecule has 1 aromatic heterocycles. The molecule has 0 unspecified atom stereocenters. The summed E-state index contributed by atoms with van der Waals surface area (Å²) in [5, 5.41) is 8.63. The maximum absolute atomic E-state index is 8.63. The van der Waals surface area contributed by atoms with Crippen LogP contribution in [-0.2, 0) is 0 Å². The van der Waals surface area contributed by atoms with E-state index in [-0.39, 0.29) is 6.61 Å². The molecule has 1 aliphatic rings. The average Bonchev–Trinajstić information content (AvgIpc) is 2.74. The van der Waals surface area contributed by atoms with Gasteiger partial charge in [0, 0.05) is 18.3 Å². The molecule has 1 aliphatic heterocycles. The van der Waals surface area contributed by atoms with Crippen molar-refractivity contribution in [2.45, 2.75) is 18.9 Å². The van der Waals surface area contributed by atoms with Crippen molar-refractivity contribution in [3.05, 3.63) is 23.9 Å². The van der Waals surface area contributed by atoms with Crippen LogP contribution in [0.3, 0.4) is 0 Å². The molecule has 1 saturated heterocycles. The molecule has 16 heavy (non-hydrogen) atoms. The average molecular weight is 222 g/mol. The van der Waals surface area contributed by atoms with E-state index in [1.54, 1.807) is 0 Å². The van der Waals surface area contributed by atoms with E-state index in [0.29, 0.717) is 18.5 Å². The van der Waals surface area contributed by atoms with Crippen LogP contribution in [0.1, 0.15) is 24.4 Å². The van der Waals surface area contributed by atoms with Gasteiger partial charge in [0.1, 0.15) is 6.61 Å². The molecule has 2 heterocycles. The fourth-order valence-electron chi connectivity index (χ4n) is 2.16. The molecule has 1 aromatic rings. The molecule has 2 rings (SSSR count). The molecule has 0 saturated carbocycles. The number of pyridine rings is 1. The molecule has 88 valence electrons. The third kappa shape index (κ3) is 2.51. The maximum atomic E-state index is 8.63. The van der Waals surface area contributed by atoms with Gasteiger partial charge >= 0.3 is 0 Å². The zero-order valence-electron chi connectivity index (χ0n) is 9.59. The van der Waals surface area contributed by atoms with Crippen molar-refractivity contribution in [3.63, 3.8) is 0 Å². The summed E-state index contributed by atoms with van der Waals surface area (Å²) in [5.41, 5.74) is 1.25. The zero-order valence-corrected chi connectivity index (χ0v) is 9.59. The zero-order chi connectivity index (χ0) is 11.4. The summed E-state index contributed by atoms with van der Waals surface area (Å²) in [6, 6.07) is 4.43. The minimum absolute atomic E-state index is 0.0226. The first-order chi connectivity index (χ1) is 7.81. The van der Waals surface area contributed by atoms with Gasteiger partial charge in [-0.2, -0.15) is 0 Å². The summed E-state index contributed by atoms with van der Waals surface area (Å²) in [7, 11) is 2.15. The number of aliphatic hydroxyl groups excluding tert-OH is 1. The van der Waals surface area contributed by atoms with E-state index < -0.39 is 0 Å². The molecule has 4 heteroatoms. The van der Waals surface area contributed by atoms with Crippen LogP contribution in [0.5, 0.6) is 5.88 Å². The van der Waals surface area contributed by atoms with Crippen LogP contribution in [0.2, 0.25) is 0 Å². The molecule has 1 fully saturated rings. The van der Waals surface area contributed by atoms with Crippen LogP contribution in [0.15, 0.2) is 18.3 Å². The Morgan fingerprint density at radius 3 is 3.00 bits per heavy atom. The number of ether oxygens (including phenoxy) is 1. The van der Waals surface area contributed by atoms with Crippen LogP contribution in [0, 0.1) is 0 Å². The van der Waals surface area contributed by atoms with Gasteiger partial charge in [0.25, 0.3) is 0 Å². The van der Waals surface area contributed by atoms with Crippen LogP contribution < -0.4 is 4.74 Å². The number of hydrogen-bond donors (Lipinski definition) is 1. The molecular weight excluding hydrogens is 204 g/mol. The second-order valence-corrected chi connectivity index (χ2v) is 4.14. The van der Waals surface area contributed by atoms with Crippen molar-refractivity contribution in [1.82, 2.24) is 9.88 Å². The Morgan fingerprint density at radius 2 is 2.44 bits per heavy atom. The molecule has 0 bridgehead atoms. The molecule has 0 amide bonds. The van der Waals surface area contributed by atoms with Crippen molar-refractivity contribution in [3.8, 4) is 5.88 Å². The van der Waals surface area contributed by atoms with Crippen molar-refractivity contribution < 1.29 is 9.84 Å². The normalized spacial score (nSPS) is 21.2. The van der Waals surface area contributed by atoms with E-state index in [1.807, 2.05) is 12.3 Å². The SMILES string of the molecule is CN1CCC[C@H]1c1ccc(OCCO)nc1. The number of likely N-dealkylation sites (tertiary alicyclic amines) is 1. The fourth-order valence-corrected chi connectivity index (χ4v) is 2.16. The van der Waals surface area contributed by atoms with Gasteiger partial charge in [0.2, 0.25) is 5.88 Å². The molecule has 0 aromatic carbocycles. The first-order valence-corrected chi connectivity index (χ1v) is 5.71. The van der Waals surface area contributed by atoms with E-state index in [4.69, 9.17) is 9.84 Å². The molecule has 1 N–H and O–H groups in total. The van der Waals surface area contributed by atoms with E-state index in [1.165, 1.54) is 18.4 Å². The Hall–Kier alpha value is -1.13. The predicted molar refractivity (Wildman–Crippen MR) is 61.4 cm³/mol. The van der Waals surface area contributed by atoms with Crippen molar-refractivity contribution >= 4 is 0 Å². The lowest BCUT2D eigenvalue weighted by molar-refractivity contribution is 0.196. The molecule has 0 spiro atoms. The quantitative estimate of drug-likeness (QED) is 0.832. The van der Waals surface area contributed by atoms with Gasteiger partial charge in [-0.3, -0.25) is 4.90 Å². The maximum Gasteiger partial charge on any atom is 0.213 e. The van der Waals surface area contributed by atoms with Gasteiger partial charge < -0.3 is 9.84 Å². The van der Waals surface area contributed by atoms with Crippen molar-refractivity contribution in [1.29, 1.82) is 0 Å². The van der Waals surface area contributed by atoms with Crippen LogP contribution in [0.4, 0.5) is 0 Å². The number of rotatable bonds is 4. The van der Waals surface area contributed by atoms with Gasteiger partial charge in [-0.25, -0.2) is 4.98 Å². The van der Waals surface area contributed by atoms with E-state index >= 15 is 0 Å². The molecule has 4 nitrogen and oxygen atoms in total. The minimum Gasteiger partial charge on any atom is -0.475 e. The van der Waals surface area contributed by atoms with E-state index in [9.17, 15) is 0 Å². The van der Waals surface area contributed by atoms with E-state index in [0.717, 1.165) is 6.54 Å². The van der Waals surface area contributed by atoms with Gasteiger partial charge in [0.15, 0.2) is 0 Å². The first-order valence-electron chi connectivity index (χ1n) is 5.71. The Kier molecular flexibility index (Phi) is 3.74. The Labute approximate surface area is 95.9 Å². The molecular formula is C12H18N2O2. The van der Waals surface area contributed by atoms with Gasteiger partial charge in [-0.05, 0) is 32.0 Å². The first kappa shape index (κ1) is 11.4. The standard InChI is InChI=1S/C12H18N2O2/c1-14-6-2-3-11(14)10-4-5-12(13-9-10)16-8-7-15/h4-5,9,11,15H,2-3,6-8H2,1H3/t11-/m0/s1. The summed E-state index contributed by atoms with van der Waals surface area (Å²) in [5.74, 6) is 0.582. The number of aromatic nitrogens is 1. The molecule has 0 radical (unpaired) electrons. The third-order valence-electron chi connectivity index (χ3n) is 3.01. The lowest BCUT2D eigenvalue weighted by atomic mass is 10.1. The van der Waals surface area contributed by atoms with Crippen molar-refractivity contribution in [2.24, 2.45) is 0 Å². The number of nitrogens with zero attached hydrogens (tertiary/aromatic N) is 2. The summed E-state index contributed by atoms with van der Waals surface area (Å²) in [4.78, 5) is 6.59. The molecule has 1 atom stereocenters. The lowest BCUT2D eigenvalue weighted by Gasteiger charge is -2.19. The highest BCUT2D eigenvalue weighted by atomic mass is 16.5. The van der Waals surface area contributed by atoms with E-state index in [2.05, 4.69) is 23.0 Å². The van der Waals surface area contributed by atoms with Gasteiger partial charge in [0.05, 0.1) is 6.61 Å². The van der Waals surface area contributed by atoms with Crippen molar-refractivity contribution in [2.75, 3.05) is 26.8 Å². The Balaban J connectivity index is 2.01. The second kappa shape index (κ2) is 5.27. The van der Waals surface area contributed by atoms with Crippen LogP contribution in [0.25, 0.3) is 0 Å². The summed E-state index contributed by atoms with van der Waals surface area (Å²) in [6.45, 7) is 1.48. The number of hydrogen-bond acceptors (Lipinski definition) is 4. The lowest BCUT2D eigenvalue weighted by Crippen LogP contribution is -2.17. The van der Waals surface area contributed by atoms with Crippen LogP contribution >= 0.6 is 0 Å². The van der Waals surface area contributed by atoms with Gasteiger partial charge in [-0.1, -0.05) is 6.07 Å². The second-order valence-electron chi connectivity index (χ2n) is 4.14. The number of aliphatic hydroxyl groups is 1. The largest absolute Gasteiger partial charge is 0.475 e. The highest BCUT2D eigenvalue weighted by Crippen LogP contribution is 2.30.